The normalized spacial score (nSPS) is 12.9. The zero-order chi connectivity index (χ0) is 12.3. The number of halogens is 1. The Labute approximate surface area is 118 Å². The number of nitrogens with one attached hydrogen (secondary N) is 1. The number of nitrogens with two attached hydrogens (primary N) is 1. The molecule has 1 atom stereocenters. The van der Waals surface area contributed by atoms with Crippen LogP contribution in [0.15, 0.2) is 28.1 Å². The van der Waals surface area contributed by atoms with Crippen molar-refractivity contribution in [1.29, 1.82) is 0 Å². The molecule has 17 heavy (non-hydrogen) atoms. The molecule has 2 heterocycles. The number of aryl methyl sites for hydroxylation is 1. The van der Waals surface area contributed by atoms with Crippen molar-refractivity contribution in [3.63, 3.8) is 0 Å². The number of hydrazine groups is 1. The van der Waals surface area contributed by atoms with E-state index < -0.39 is 0 Å². The number of thiophene rings is 2. The highest BCUT2D eigenvalue weighted by Crippen LogP contribution is 2.29. The van der Waals surface area contributed by atoms with Gasteiger partial charge < -0.3 is 0 Å². The monoisotopic (exact) mass is 330 g/mol. The third-order valence-corrected chi connectivity index (χ3v) is 5.66. The first-order valence-corrected chi connectivity index (χ1v) is 7.99. The molecular formula is C12H15BrN2S2. The molecule has 2 nitrogen and oxygen atoms in total. The van der Waals surface area contributed by atoms with Crippen molar-refractivity contribution in [1.82, 2.24) is 5.43 Å². The molecule has 0 aliphatic heterocycles. The van der Waals surface area contributed by atoms with Gasteiger partial charge in [-0.25, -0.2) is 0 Å². The minimum Gasteiger partial charge on any atom is -0.271 e. The topological polar surface area (TPSA) is 38.0 Å². The maximum Gasteiger partial charge on any atom is 0.0601 e. The van der Waals surface area contributed by atoms with Crippen LogP contribution >= 0.6 is 38.6 Å². The number of hydrogen-bond acceptors (Lipinski definition) is 4. The second-order valence-corrected chi connectivity index (χ2v) is 6.92. The highest BCUT2D eigenvalue weighted by Gasteiger charge is 2.13. The van der Waals surface area contributed by atoms with Crippen LogP contribution < -0.4 is 11.3 Å². The molecule has 0 saturated carbocycles. The Kier molecular flexibility index (Phi) is 4.76. The zero-order valence-corrected chi connectivity index (χ0v) is 12.8. The van der Waals surface area contributed by atoms with Gasteiger partial charge in [-0.05, 0) is 40.5 Å². The maximum atomic E-state index is 5.65. The first-order chi connectivity index (χ1) is 8.22. The van der Waals surface area contributed by atoms with Crippen LogP contribution in [0.25, 0.3) is 0 Å². The average Bonchev–Trinajstić information content (AvgIpc) is 2.94. The van der Waals surface area contributed by atoms with Crippen molar-refractivity contribution in [3.05, 3.63) is 42.7 Å². The van der Waals surface area contributed by atoms with Gasteiger partial charge in [0.05, 0.1) is 6.04 Å². The highest BCUT2D eigenvalue weighted by molar-refractivity contribution is 9.10. The van der Waals surface area contributed by atoms with Gasteiger partial charge in [-0.2, -0.15) is 0 Å². The van der Waals surface area contributed by atoms with Crippen LogP contribution in [0.2, 0.25) is 0 Å². The summed E-state index contributed by atoms with van der Waals surface area (Å²) < 4.78 is 1.12. The standard InChI is InChI=1S/C12H15BrN2S2/c1-2-9-3-4-10(17-9)6-11(15-14)12-5-8(13)7-16-12/h3-5,7,11,15H,2,6,14H2,1H3. The molecule has 2 aromatic rings. The molecule has 0 radical (unpaired) electrons. The van der Waals surface area contributed by atoms with E-state index in [9.17, 15) is 0 Å². The lowest BCUT2D eigenvalue weighted by Gasteiger charge is -2.12. The maximum absolute atomic E-state index is 5.65. The SMILES string of the molecule is CCc1ccc(CC(NN)c2cc(Br)cs2)s1. The average molecular weight is 331 g/mol. The molecule has 0 aromatic carbocycles. The fourth-order valence-electron chi connectivity index (χ4n) is 1.68. The summed E-state index contributed by atoms with van der Waals surface area (Å²) in [4.78, 5) is 4.09. The van der Waals surface area contributed by atoms with E-state index in [1.807, 2.05) is 11.3 Å². The number of rotatable bonds is 5. The first kappa shape index (κ1) is 13.2. The Balaban J connectivity index is 2.09. The largest absolute Gasteiger partial charge is 0.271 e. The molecule has 0 saturated heterocycles. The van der Waals surface area contributed by atoms with Crippen LogP contribution in [0.4, 0.5) is 0 Å². The Morgan fingerprint density at radius 1 is 1.41 bits per heavy atom. The molecular weight excluding hydrogens is 316 g/mol. The van der Waals surface area contributed by atoms with Gasteiger partial charge >= 0.3 is 0 Å². The molecule has 0 spiro atoms. The van der Waals surface area contributed by atoms with Crippen molar-refractivity contribution >= 4 is 38.6 Å². The van der Waals surface area contributed by atoms with E-state index in [2.05, 4.69) is 51.9 Å². The fourth-order valence-corrected chi connectivity index (χ4v) is 4.19. The third-order valence-electron chi connectivity index (χ3n) is 2.60. The van der Waals surface area contributed by atoms with Crippen molar-refractivity contribution in [3.8, 4) is 0 Å². The smallest absolute Gasteiger partial charge is 0.0601 e. The molecule has 5 heteroatoms. The molecule has 0 fully saturated rings. The van der Waals surface area contributed by atoms with Gasteiger partial charge in [0.15, 0.2) is 0 Å². The second kappa shape index (κ2) is 6.11. The third kappa shape index (κ3) is 3.39. The first-order valence-electron chi connectivity index (χ1n) is 5.50. The fraction of sp³-hybridized carbons (Fsp3) is 0.333. The zero-order valence-electron chi connectivity index (χ0n) is 9.57. The van der Waals surface area contributed by atoms with Crippen molar-refractivity contribution < 1.29 is 0 Å². The van der Waals surface area contributed by atoms with E-state index in [0.717, 1.165) is 17.3 Å². The van der Waals surface area contributed by atoms with Gasteiger partial charge in [-0.15, -0.1) is 22.7 Å². The molecule has 92 valence electrons. The summed E-state index contributed by atoms with van der Waals surface area (Å²) in [6.45, 7) is 2.19. The van der Waals surface area contributed by atoms with E-state index in [1.165, 1.54) is 14.6 Å². The summed E-state index contributed by atoms with van der Waals surface area (Å²) in [5.41, 5.74) is 2.90. The summed E-state index contributed by atoms with van der Waals surface area (Å²) in [5.74, 6) is 5.65. The van der Waals surface area contributed by atoms with Gasteiger partial charge in [0.1, 0.15) is 0 Å². The summed E-state index contributed by atoms with van der Waals surface area (Å²) in [7, 11) is 0. The van der Waals surface area contributed by atoms with Crippen LogP contribution in [0.1, 0.15) is 27.6 Å². The summed E-state index contributed by atoms with van der Waals surface area (Å²) in [6, 6.07) is 6.74. The Bertz CT molecular complexity index is 478. The van der Waals surface area contributed by atoms with Crippen molar-refractivity contribution in [2.75, 3.05) is 0 Å². The van der Waals surface area contributed by atoms with Gasteiger partial charge in [0, 0.05) is 30.9 Å². The molecule has 0 amide bonds. The van der Waals surface area contributed by atoms with Crippen LogP contribution in [-0.4, -0.2) is 0 Å². The molecule has 2 rings (SSSR count). The molecule has 0 aliphatic carbocycles. The van der Waals surface area contributed by atoms with Gasteiger partial charge in [-0.3, -0.25) is 11.3 Å². The minimum absolute atomic E-state index is 0.203. The summed E-state index contributed by atoms with van der Waals surface area (Å²) in [5, 5.41) is 2.09. The van der Waals surface area contributed by atoms with Crippen LogP contribution in [-0.2, 0) is 12.8 Å². The predicted octanol–water partition coefficient (Wildman–Crippen LogP) is 3.88. The van der Waals surface area contributed by atoms with E-state index >= 15 is 0 Å². The van der Waals surface area contributed by atoms with Crippen molar-refractivity contribution in [2.45, 2.75) is 25.8 Å². The van der Waals surface area contributed by atoms with Crippen LogP contribution in [0.5, 0.6) is 0 Å². The van der Waals surface area contributed by atoms with Gasteiger partial charge in [0.25, 0.3) is 0 Å². The van der Waals surface area contributed by atoms with E-state index in [4.69, 9.17) is 5.84 Å². The van der Waals surface area contributed by atoms with Crippen LogP contribution in [0.3, 0.4) is 0 Å². The lowest BCUT2D eigenvalue weighted by atomic mass is 10.1. The highest BCUT2D eigenvalue weighted by atomic mass is 79.9. The molecule has 3 N–H and O–H groups in total. The lowest BCUT2D eigenvalue weighted by molar-refractivity contribution is 0.564. The van der Waals surface area contributed by atoms with Gasteiger partial charge in [0.2, 0.25) is 0 Å². The van der Waals surface area contributed by atoms with E-state index in [0.29, 0.717) is 0 Å². The molecule has 0 bridgehead atoms. The van der Waals surface area contributed by atoms with Crippen LogP contribution in [0, 0.1) is 0 Å². The predicted molar refractivity (Wildman–Crippen MR) is 79.5 cm³/mol. The Morgan fingerprint density at radius 3 is 2.71 bits per heavy atom. The number of hydrogen-bond donors (Lipinski definition) is 2. The second-order valence-electron chi connectivity index (χ2n) is 3.81. The van der Waals surface area contributed by atoms with E-state index in [1.54, 1.807) is 11.3 Å². The Hall–Kier alpha value is -0.200. The summed E-state index contributed by atoms with van der Waals surface area (Å²) in [6.07, 6.45) is 2.06. The lowest BCUT2D eigenvalue weighted by Crippen LogP contribution is -2.28. The molecule has 1 unspecified atom stereocenters. The Morgan fingerprint density at radius 2 is 2.18 bits per heavy atom. The van der Waals surface area contributed by atoms with Gasteiger partial charge in [-0.1, -0.05) is 6.92 Å². The quantitative estimate of drug-likeness (QED) is 0.644. The molecule has 2 aromatic heterocycles. The summed E-state index contributed by atoms with van der Waals surface area (Å²) >= 11 is 7.08. The van der Waals surface area contributed by atoms with Crippen molar-refractivity contribution in [2.24, 2.45) is 5.84 Å². The molecule has 0 aliphatic rings. The van der Waals surface area contributed by atoms with E-state index in [-0.39, 0.29) is 6.04 Å². The minimum atomic E-state index is 0.203.